The van der Waals surface area contributed by atoms with E-state index >= 15 is 0 Å². The minimum Gasteiger partial charge on any atom is -0.376 e. The van der Waals surface area contributed by atoms with E-state index in [9.17, 15) is 4.79 Å². The van der Waals surface area contributed by atoms with Crippen LogP contribution < -0.4 is 5.32 Å². The molecule has 30 heavy (non-hydrogen) atoms. The fourth-order valence-electron chi connectivity index (χ4n) is 3.86. The Kier molecular flexibility index (Phi) is 6.80. The molecule has 0 spiro atoms. The molecule has 1 amide bonds. The van der Waals surface area contributed by atoms with Gasteiger partial charge in [0.1, 0.15) is 0 Å². The number of carbonyl (C=O) groups is 1. The van der Waals surface area contributed by atoms with Crippen molar-refractivity contribution in [2.24, 2.45) is 0 Å². The van der Waals surface area contributed by atoms with E-state index in [2.05, 4.69) is 52.4 Å². The fourth-order valence-corrected chi connectivity index (χ4v) is 4.22. The maximum atomic E-state index is 13.1. The molecule has 0 aliphatic carbocycles. The van der Waals surface area contributed by atoms with E-state index in [1.807, 2.05) is 24.3 Å². The van der Waals surface area contributed by atoms with Crippen LogP contribution in [0.4, 0.5) is 0 Å². The summed E-state index contributed by atoms with van der Waals surface area (Å²) in [6, 6.07) is 16.3. The lowest BCUT2D eigenvalue weighted by atomic mass is 10.0. The van der Waals surface area contributed by atoms with Gasteiger partial charge in [-0.25, -0.2) is 4.98 Å². The number of ether oxygens (including phenoxy) is 1. The zero-order valence-electron chi connectivity index (χ0n) is 17.3. The molecule has 5 heteroatoms. The van der Waals surface area contributed by atoms with Gasteiger partial charge in [0.05, 0.1) is 22.9 Å². The third kappa shape index (κ3) is 4.90. The molecule has 1 atom stereocenters. The summed E-state index contributed by atoms with van der Waals surface area (Å²) in [6.07, 6.45) is 5.64. The molecule has 0 bridgehead atoms. The Morgan fingerprint density at radius 2 is 2.03 bits per heavy atom. The monoisotopic (exact) mass is 466 g/mol. The summed E-state index contributed by atoms with van der Waals surface area (Å²) in [5.41, 5.74) is 4.62. The number of aryl methyl sites for hydroxylation is 1. The predicted octanol–water partition coefficient (Wildman–Crippen LogP) is 5.92. The van der Waals surface area contributed by atoms with Crippen molar-refractivity contribution in [3.63, 3.8) is 0 Å². The molecule has 1 aromatic heterocycles. The van der Waals surface area contributed by atoms with Gasteiger partial charge < -0.3 is 10.1 Å². The predicted molar refractivity (Wildman–Crippen MR) is 125 cm³/mol. The molecule has 0 radical (unpaired) electrons. The molecule has 3 aromatic rings. The van der Waals surface area contributed by atoms with E-state index in [1.54, 1.807) is 0 Å². The van der Waals surface area contributed by atoms with Gasteiger partial charge in [0, 0.05) is 28.6 Å². The summed E-state index contributed by atoms with van der Waals surface area (Å²) in [6.45, 7) is 3.53. The molecule has 1 unspecified atom stereocenters. The van der Waals surface area contributed by atoms with Gasteiger partial charge in [-0.1, -0.05) is 53.5 Å². The van der Waals surface area contributed by atoms with E-state index in [1.165, 1.54) is 18.4 Å². The molecule has 2 aromatic carbocycles. The maximum Gasteiger partial charge on any atom is 0.252 e. The van der Waals surface area contributed by atoms with Gasteiger partial charge in [0.2, 0.25) is 0 Å². The Morgan fingerprint density at radius 1 is 1.20 bits per heavy atom. The average Bonchev–Trinajstić information content (AvgIpc) is 3.29. The third-order valence-corrected chi connectivity index (χ3v) is 6.09. The van der Waals surface area contributed by atoms with Gasteiger partial charge in [-0.3, -0.25) is 4.79 Å². The van der Waals surface area contributed by atoms with Gasteiger partial charge in [-0.05, 0) is 55.5 Å². The van der Waals surface area contributed by atoms with E-state index in [0.29, 0.717) is 12.1 Å². The number of hydrogen-bond acceptors (Lipinski definition) is 3. The first-order valence-corrected chi connectivity index (χ1v) is 11.5. The first-order valence-electron chi connectivity index (χ1n) is 10.7. The van der Waals surface area contributed by atoms with Crippen LogP contribution in [0.1, 0.15) is 48.5 Å². The van der Waals surface area contributed by atoms with Crippen molar-refractivity contribution in [3.05, 3.63) is 64.1 Å². The Balaban J connectivity index is 1.65. The van der Waals surface area contributed by atoms with Crippen LogP contribution in [0.3, 0.4) is 0 Å². The fraction of sp³-hybridized carbons (Fsp3) is 0.360. The van der Waals surface area contributed by atoms with Gasteiger partial charge in [0.25, 0.3) is 5.91 Å². The smallest absolute Gasteiger partial charge is 0.252 e. The van der Waals surface area contributed by atoms with Crippen LogP contribution in [0.2, 0.25) is 0 Å². The lowest BCUT2D eigenvalue weighted by Crippen LogP contribution is -2.32. The van der Waals surface area contributed by atoms with Crippen molar-refractivity contribution in [3.8, 4) is 11.3 Å². The standard InChI is InChI=1S/C25H27BrN2O2/c1-2-3-5-17-7-9-18(10-8-17)24-15-22(21-14-19(26)11-12-23(21)28-24)25(29)27-16-20-6-4-13-30-20/h7-12,14-15,20H,2-6,13,16H2,1H3,(H,27,29). The zero-order chi connectivity index (χ0) is 20.9. The summed E-state index contributed by atoms with van der Waals surface area (Å²) in [4.78, 5) is 17.9. The highest BCUT2D eigenvalue weighted by Gasteiger charge is 2.19. The van der Waals surface area contributed by atoms with Crippen molar-refractivity contribution in [2.45, 2.75) is 45.1 Å². The van der Waals surface area contributed by atoms with E-state index < -0.39 is 0 Å². The van der Waals surface area contributed by atoms with Crippen LogP contribution in [0.5, 0.6) is 0 Å². The third-order valence-electron chi connectivity index (χ3n) is 5.60. The Labute approximate surface area is 186 Å². The summed E-state index contributed by atoms with van der Waals surface area (Å²) in [7, 11) is 0. The number of fused-ring (bicyclic) bond motifs is 1. The molecule has 2 heterocycles. The SMILES string of the molecule is CCCCc1ccc(-c2cc(C(=O)NCC3CCCO3)c3cc(Br)ccc3n2)cc1. The minimum absolute atomic E-state index is 0.0863. The second-order valence-corrected chi connectivity index (χ2v) is 8.78. The van der Waals surface area contributed by atoms with Crippen molar-refractivity contribution in [1.29, 1.82) is 0 Å². The topological polar surface area (TPSA) is 51.2 Å². The molecular weight excluding hydrogens is 440 g/mol. The highest BCUT2D eigenvalue weighted by Crippen LogP contribution is 2.28. The maximum absolute atomic E-state index is 13.1. The number of amides is 1. The van der Waals surface area contributed by atoms with E-state index in [0.717, 1.165) is 52.5 Å². The number of aromatic nitrogens is 1. The molecule has 1 aliphatic rings. The first-order chi connectivity index (χ1) is 14.6. The highest BCUT2D eigenvalue weighted by atomic mass is 79.9. The molecule has 156 valence electrons. The van der Waals surface area contributed by atoms with Crippen LogP contribution in [0.15, 0.2) is 53.0 Å². The van der Waals surface area contributed by atoms with E-state index in [-0.39, 0.29) is 12.0 Å². The number of pyridine rings is 1. The Morgan fingerprint density at radius 3 is 2.77 bits per heavy atom. The van der Waals surface area contributed by atoms with Crippen LogP contribution in [-0.4, -0.2) is 30.1 Å². The van der Waals surface area contributed by atoms with Gasteiger partial charge in [0.15, 0.2) is 0 Å². The van der Waals surface area contributed by atoms with E-state index in [4.69, 9.17) is 9.72 Å². The largest absolute Gasteiger partial charge is 0.376 e. The summed E-state index contributed by atoms with van der Waals surface area (Å²) >= 11 is 3.52. The quantitative estimate of drug-likeness (QED) is 0.470. The van der Waals surface area contributed by atoms with Crippen LogP contribution in [0.25, 0.3) is 22.2 Å². The zero-order valence-corrected chi connectivity index (χ0v) is 18.9. The van der Waals surface area contributed by atoms with Crippen LogP contribution >= 0.6 is 15.9 Å². The number of nitrogens with one attached hydrogen (secondary N) is 1. The summed E-state index contributed by atoms with van der Waals surface area (Å²) in [5, 5.41) is 3.90. The van der Waals surface area contributed by atoms with Gasteiger partial charge in [-0.15, -0.1) is 0 Å². The number of nitrogens with zero attached hydrogens (tertiary/aromatic N) is 1. The number of carbonyl (C=O) groups excluding carboxylic acids is 1. The molecular formula is C25H27BrN2O2. The molecule has 0 saturated carbocycles. The Hall–Kier alpha value is -2.24. The molecule has 1 saturated heterocycles. The average molecular weight is 467 g/mol. The van der Waals surface area contributed by atoms with Crippen molar-refractivity contribution >= 4 is 32.7 Å². The number of hydrogen-bond donors (Lipinski definition) is 1. The second kappa shape index (κ2) is 9.71. The summed E-state index contributed by atoms with van der Waals surface area (Å²) in [5.74, 6) is -0.0863. The Bertz CT molecular complexity index is 1030. The first kappa shape index (κ1) is 21.0. The highest BCUT2D eigenvalue weighted by molar-refractivity contribution is 9.10. The van der Waals surface area contributed by atoms with Crippen molar-refractivity contribution < 1.29 is 9.53 Å². The lowest BCUT2D eigenvalue weighted by molar-refractivity contribution is 0.0859. The van der Waals surface area contributed by atoms with Crippen LogP contribution in [0, 0.1) is 0 Å². The van der Waals surface area contributed by atoms with Gasteiger partial charge >= 0.3 is 0 Å². The molecule has 1 aliphatic heterocycles. The summed E-state index contributed by atoms with van der Waals surface area (Å²) < 4.78 is 6.57. The molecule has 1 N–H and O–H groups in total. The van der Waals surface area contributed by atoms with Crippen LogP contribution in [-0.2, 0) is 11.2 Å². The van der Waals surface area contributed by atoms with Crippen molar-refractivity contribution in [2.75, 3.05) is 13.2 Å². The van der Waals surface area contributed by atoms with Crippen molar-refractivity contribution in [1.82, 2.24) is 10.3 Å². The number of halogens is 1. The number of benzene rings is 2. The number of unbranched alkanes of at least 4 members (excludes halogenated alkanes) is 1. The lowest BCUT2D eigenvalue weighted by Gasteiger charge is -2.13. The minimum atomic E-state index is -0.0863. The second-order valence-electron chi connectivity index (χ2n) is 7.86. The van der Waals surface area contributed by atoms with Gasteiger partial charge in [-0.2, -0.15) is 0 Å². The molecule has 4 rings (SSSR count). The molecule has 1 fully saturated rings. The number of rotatable bonds is 7. The molecule has 4 nitrogen and oxygen atoms in total. The normalized spacial score (nSPS) is 16.1.